The minimum atomic E-state index is -4.84. The zero-order chi connectivity index (χ0) is 19.2. The quantitative estimate of drug-likeness (QED) is 0.545. The minimum absolute atomic E-state index is 0.269. The number of benzene rings is 2. The number of rotatable bonds is 6. The minimum Gasteiger partial charge on any atom is -0.465 e. The average Bonchev–Trinajstić information content (AvgIpc) is 2.61. The molecular formula is C19H18F3NO2S. The lowest BCUT2D eigenvalue weighted by molar-refractivity contribution is -0.148. The van der Waals surface area contributed by atoms with E-state index < -0.39 is 17.7 Å². The summed E-state index contributed by atoms with van der Waals surface area (Å²) < 4.78 is 44.8. The van der Waals surface area contributed by atoms with Crippen LogP contribution in [0.1, 0.15) is 11.1 Å². The monoisotopic (exact) mass is 381 g/mol. The third-order valence-electron chi connectivity index (χ3n) is 3.44. The summed E-state index contributed by atoms with van der Waals surface area (Å²) in [6.07, 6.45) is -4.84. The lowest BCUT2D eigenvalue weighted by atomic mass is 10.2. The smallest absolute Gasteiger partial charge is 0.425 e. The number of hydrogen-bond acceptors (Lipinski definition) is 4. The van der Waals surface area contributed by atoms with Crippen LogP contribution in [0, 0.1) is 6.92 Å². The largest absolute Gasteiger partial charge is 0.465 e. The highest BCUT2D eigenvalue weighted by Crippen LogP contribution is 2.35. The molecule has 7 heteroatoms. The van der Waals surface area contributed by atoms with E-state index in [0.29, 0.717) is 5.69 Å². The number of esters is 1. The van der Waals surface area contributed by atoms with Gasteiger partial charge in [-0.2, -0.15) is 13.2 Å². The number of aryl methyl sites for hydroxylation is 1. The number of anilines is 1. The molecule has 0 radical (unpaired) electrons. The maximum absolute atomic E-state index is 13.5. The van der Waals surface area contributed by atoms with Crippen molar-refractivity contribution in [3.8, 4) is 0 Å². The summed E-state index contributed by atoms with van der Waals surface area (Å²) >= 11 is 0.900. The number of methoxy groups -OCH3 is 1. The summed E-state index contributed by atoms with van der Waals surface area (Å²) in [5.41, 5.74) is 0.924. The Labute approximate surface area is 154 Å². The van der Waals surface area contributed by atoms with Crippen LogP contribution in [-0.2, 0) is 15.3 Å². The fourth-order valence-electron chi connectivity index (χ4n) is 2.11. The molecule has 2 aromatic carbocycles. The van der Waals surface area contributed by atoms with Crippen molar-refractivity contribution < 1.29 is 22.7 Å². The Balaban J connectivity index is 2.39. The molecule has 0 spiro atoms. The van der Waals surface area contributed by atoms with Gasteiger partial charge in [0.2, 0.25) is 0 Å². The van der Waals surface area contributed by atoms with Gasteiger partial charge in [-0.15, -0.1) is 11.8 Å². The molecule has 138 valence electrons. The fourth-order valence-corrected chi connectivity index (χ4v) is 3.14. The van der Waals surface area contributed by atoms with E-state index in [1.165, 1.54) is 0 Å². The second kappa shape index (κ2) is 8.80. The molecule has 1 N–H and O–H groups in total. The maximum Gasteiger partial charge on any atom is 0.425 e. The zero-order valence-electron chi connectivity index (χ0n) is 14.3. The molecule has 0 aliphatic rings. The van der Waals surface area contributed by atoms with Gasteiger partial charge in [0, 0.05) is 11.4 Å². The Morgan fingerprint density at radius 1 is 1.08 bits per heavy atom. The summed E-state index contributed by atoms with van der Waals surface area (Å²) in [6, 6.07) is 15.9. The first-order valence-corrected chi connectivity index (χ1v) is 8.70. The van der Waals surface area contributed by atoms with Gasteiger partial charge in [-0.1, -0.05) is 48.0 Å². The first-order valence-electron chi connectivity index (χ1n) is 7.71. The van der Waals surface area contributed by atoms with Gasteiger partial charge in [0.05, 0.1) is 12.1 Å². The van der Waals surface area contributed by atoms with Crippen molar-refractivity contribution >= 4 is 23.4 Å². The molecule has 0 fully saturated rings. The SMILES string of the molecule is COC(=O)C(=C(Nc1ccc(C)cc1)SCc1ccccc1)C(F)(F)F. The Hall–Kier alpha value is -2.41. The molecule has 0 amide bonds. The second-order valence-corrected chi connectivity index (χ2v) is 6.44. The molecular weight excluding hydrogens is 363 g/mol. The molecule has 0 saturated carbocycles. The van der Waals surface area contributed by atoms with E-state index in [4.69, 9.17) is 0 Å². The van der Waals surface area contributed by atoms with Crippen molar-refractivity contribution in [2.45, 2.75) is 18.9 Å². The van der Waals surface area contributed by atoms with Crippen LogP contribution in [0.2, 0.25) is 0 Å². The Bertz CT molecular complexity index is 772. The predicted molar refractivity (Wildman–Crippen MR) is 97.6 cm³/mol. The van der Waals surface area contributed by atoms with Gasteiger partial charge in [-0.25, -0.2) is 4.79 Å². The molecule has 0 aromatic heterocycles. The summed E-state index contributed by atoms with van der Waals surface area (Å²) in [6.45, 7) is 1.88. The van der Waals surface area contributed by atoms with E-state index in [1.54, 1.807) is 36.4 Å². The molecule has 0 heterocycles. The Kier molecular flexibility index (Phi) is 6.74. The van der Waals surface area contributed by atoms with Crippen molar-refractivity contribution in [1.82, 2.24) is 0 Å². The molecule has 0 aliphatic carbocycles. The van der Waals surface area contributed by atoms with Gasteiger partial charge < -0.3 is 10.1 Å². The molecule has 0 atom stereocenters. The number of hydrogen-bond donors (Lipinski definition) is 1. The predicted octanol–water partition coefficient (Wildman–Crippen LogP) is 5.29. The highest BCUT2D eigenvalue weighted by molar-refractivity contribution is 8.02. The van der Waals surface area contributed by atoms with Crippen LogP contribution in [0.5, 0.6) is 0 Å². The average molecular weight is 381 g/mol. The fraction of sp³-hybridized carbons (Fsp3) is 0.211. The van der Waals surface area contributed by atoms with Crippen LogP contribution in [0.3, 0.4) is 0 Å². The zero-order valence-corrected chi connectivity index (χ0v) is 15.1. The van der Waals surface area contributed by atoms with Crippen molar-refractivity contribution in [2.75, 3.05) is 12.4 Å². The molecule has 26 heavy (non-hydrogen) atoms. The Morgan fingerprint density at radius 3 is 2.23 bits per heavy atom. The van der Waals surface area contributed by atoms with E-state index in [1.807, 2.05) is 25.1 Å². The summed E-state index contributed by atoms with van der Waals surface area (Å²) in [5, 5.41) is 2.43. The van der Waals surface area contributed by atoms with Gasteiger partial charge in [0.25, 0.3) is 0 Å². The van der Waals surface area contributed by atoms with Gasteiger partial charge >= 0.3 is 12.1 Å². The molecule has 0 bridgehead atoms. The number of halogens is 3. The number of nitrogens with one attached hydrogen (secondary N) is 1. The normalized spacial score (nSPS) is 12.3. The summed E-state index contributed by atoms with van der Waals surface area (Å²) in [7, 11) is 0.930. The van der Waals surface area contributed by atoms with Gasteiger partial charge in [0.15, 0.2) is 5.57 Å². The van der Waals surface area contributed by atoms with Gasteiger partial charge in [-0.05, 0) is 24.6 Å². The van der Waals surface area contributed by atoms with Crippen LogP contribution >= 0.6 is 11.8 Å². The first kappa shape index (κ1) is 19.9. The maximum atomic E-state index is 13.5. The highest BCUT2D eigenvalue weighted by Gasteiger charge is 2.42. The second-order valence-electron chi connectivity index (χ2n) is 5.46. The number of carbonyl (C=O) groups excluding carboxylic acids is 1. The summed E-state index contributed by atoms with van der Waals surface area (Å²) in [4.78, 5) is 11.8. The standard InChI is InChI=1S/C19H18F3NO2S/c1-13-8-10-15(11-9-13)23-17(16(18(24)25-2)19(20,21)22)26-12-14-6-4-3-5-7-14/h3-11,23H,12H2,1-2H3. The van der Waals surface area contributed by atoms with Crippen molar-refractivity contribution in [2.24, 2.45) is 0 Å². The molecule has 0 aliphatic heterocycles. The number of thioether (sulfide) groups is 1. The molecule has 2 aromatic rings. The summed E-state index contributed by atoms with van der Waals surface area (Å²) in [5.74, 6) is -1.15. The third-order valence-corrected chi connectivity index (χ3v) is 4.51. The van der Waals surface area contributed by atoms with Crippen LogP contribution in [0.25, 0.3) is 0 Å². The van der Waals surface area contributed by atoms with Crippen molar-refractivity contribution in [3.05, 3.63) is 76.3 Å². The van der Waals surface area contributed by atoms with E-state index >= 15 is 0 Å². The van der Waals surface area contributed by atoms with Crippen LogP contribution in [0.4, 0.5) is 18.9 Å². The van der Waals surface area contributed by atoms with E-state index in [9.17, 15) is 18.0 Å². The van der Waals surface area contributed by atoms with Crippen LogP contribution in [0.15, 0.2) is 65.2 Å². The van der Waals surface area contributed by atoms with E-state index in [-0.39, 0.29) is 10.8 Å². The lowest BCUT2D eigenvalue weighted by Crippen LogP contribution is -2.25. The number of ether oxygens (including phenoxy) is 1. The Morgan fingerprint density at radius 2 is 1.69 bits per heavy atom. The van der Waals surface area contributed by atoms with E-state index in [2.05, 4.69) is 10.1 Å². The third kappa shape index (κ3) is 5.56. The van der Waals surface area contributed by atoms with Gasteiger partial charge in [-0.3, -0.25) is 0 Å². The van der Waals surface area contributed by atoms with Crippen molar-refractivity contribution in [3.63, 3.8) is 0 Å². The number of carbonyl (C=O) groups is 1. The molecule has 2 rings (SSSR count). The highest BCUT2D eigenvalue weighted by atomic mass is 32.2. The van der Waals surface area contributed by atoms with E-state index in [0.717, 1.165) is 30.0 Å². The molecule has 0 saturated heterocycles. The lowest BCUT2D eigenvalue weighted by Gasteiger charge is -2.18. The molecule has 0 unspecified atom stereocenters. The van der Waals surface area contributed by atoms with Crippen LogP contribution in [-0.4, -0.2) is 19.3 Å². The first-order chi connectivity index (χ1) is 12.3. The van der Waals surface area contributed by atoms with Crippen molar-refractivity contribution in [1.29, 1.82) is 0 Å². The number of alkyl halides is 3. The molecule has 3 nitrogen and oxygen atoms in total. The topological polar surface area (TPSA) is 38.3 Å². The van der Waals surface area contributed by atoms with Crippen LogP contribution < -0.4 is 5.32 Å². The van der Waals surface area contributed by atoms with Gasteiger partial charge in [0.1, 0.15) is 0 Å².